The van der Waals surface area contributed by atoms with Crippen molar-refractivity contribution >= 4 is 15.9 Å². The van der Waals surface area contributed by atoms with Gasteiger partial charge in [-0.2, -0.15) is 0 Å². The molecule has 3 nitrogen and oxygen atoms in total. The second-order valence-corrected chi connectivity index (χ2v) is 6.51. The first-order chi connectivity index (χ1) is 8.87. The molecule has 19 heavy (non-hydrogen) atoms. The zero-order valence-corrected chi connectivity index (χ0v) is 13.3. The molecule has 1 aromatic carbocycles. The lowest BCUT2D eigenvalue weighted by Gasteiger charge is -2.19. The molecule has 0 fully saturated rings. The average Bonchev–Trinajstić information content (AvgIpc) is 2.78. The van der Waals surface area contributed by atoms with Crippen LogP contribution in [0.5, 0.6) is 0 Å². The van der Waals surface area contributed by atoms with Crippen LogP contribution in [-0.2, 0) is 6.54 Å². The van der Waals surface area contributed by atoms with Crippen molar-refractivity contribution in [2.24, 2.45) is 0 Å². The highest BCUT2D eigenvalue weighted by atomic mass is 79.9. The molecular weight excluding hydrogens is 304 g/mol. The molecule has 0 radical (unpaired) electrons. The number of rotatable bonds is 3. The zero-order chi connectivity index (χ0) is 14.0. The largest absolute Gasteiger partial charge is 0.444 e. The summed E-state index contributed by atoms with van der Waals surface area (Å²) in [4.78, 5) is 4.54. The summed E-state index contributed by atoms with van der Waals surface area (Å²) in [5, 5.41) is 3.40. The predicted octanol–water partition coefficient (Wildman–Crippen LogP) is 4.30. The Labute approximate surface area is 122 Å². The summed E-state index contributed by atoms with van der Waals surface area (Å²) in [6, 6.07) is 6.03. The second kappa shape index (κ2) is 5.47. The number of nitrogens with zero attached hydrogens (tertiary/aromatic N) is 1. The van der Waals surface area contributed by atoms with Gasteiger partial charge in [0.25, 0.3) is 0 Å². The van der Waals surface area contributed by atoms with Gasteiger partial charge < -0.3 is 9.73 Å². The van der Waals surface area contributed by atoms with E-state index in [0.717, 1.165) is 21.3 Å². The molecule has 2 rings (SSSR count). The molecule has 2 aromatic rings. The molecule has 0 aliphatic carbocycles. The molecular formula is C15H19BrN2O. The van der Waals surface area contributed by atoms with E-state index in [9.17, 15) is 0 Å². The van der Waals surface area contributed by atoms with E-state index in [1.54, 1.807) is 6.26 Å². The first kappa shape index (κ1) is 14.3. The lowest BCUT2D eigenvalue weighted by molar-refractivity contribution is 0.421. The topological polar surface area (TPSA) is 38.1 Å². The molecule has 0 aliphatic rings. The van der Waals surface area contributed by atoms with Crippen molar-refractivity contribution < 1.29 is 4.42 Å². The van der Waals surface area contributed by atoms with Crippen molar-refractivity contribution in [1.82, 2.24) is 10.3 Å². The van der Waals surface area contributed by atoms with Crippen LogP contribution in [0.3, 0.4) is 0 Å². The molecule has 0 saturated carbocycles. The summed E-state index contributed by atoms with van der Waals surface area (Å²) in [6.45, 7) is 9.15. The molecule has 4 heteroatoms. The van der Waals surface area contributed by atoms with Crippen LogP contribution in [0.2, 0.25) is 0 Å². The molecule has 0 bridgehead atoms. The van der Waals surface area contributed by atoms with Crippen LogP contribution in [0.1, 0.15) is 32.0 Å². The number of hydrogen-bond donors (Lipinski definition) is 1. The van der Waals surface area contributed by atoms with Crippen molar-refractivity contribution in [2.45, 2.75) is 39.8 Å². The van der Waals surface area contributed by atoms with Crippen molar-refractivity contribution in [1.29, 1.82) is 0 Å². The summed E-state index contributed by atoms with van der Waals surface area (Å²) >= 11 is 3.53. The van der Waals surface area contributed by atoms with E-state index < -0.39 is 0 Å². The van der Waals surface area contributed by atoms with Crippen LogP contribution in [-0.4, -0.2) is 10.5 Å². The molecule has 0 amide bonds. The van der Waals surface area contributed by atoms with Gasteiger partial charge in [-0.3, -0.25) is 0 Å². The van der Waals surface area contributed by atoms with Gasteiger partial charge in [0.2, 0.25) is 5.89 Å². The van der Waals surface area contributed by atoms with E-state index in [-0.39, 0.29) is 5.54 Å². The Bertz CT molecular complexity index is 570. The summed E-state index contributed by atoms with van der Waals surface area (Å²) in [5.41, 5.74) is 3.16. The van der Waals surface area contributed by atoms with Gasteiger partial charge in [0.05, 0.1) is 5.69 Å². The molecule has 0 saturated heterocycles. The minimum atomic E-state index is 0.0742. The fraction of sp³-hybridized carbons (Fsp3) is 0.400. The fourth-order valence-electron chi connectivity index (χ4n) is 1.71. The fourth-order valence-corrected chi connectivity index (χ4v) is 2.07. The first-order valence-electron chi connectivity index (χ1n) is 6.32. The van der Waals surface area contributed by atoms with E-state index in [1.807, 2.05) is 18.2 Å². The summed E-state index contributed by atoms with van der Waals surface area (Å²) in [5.74, 6) is 0.671. The van der Waals surface area contributed by atoms with Gasteiger partial charge >= 0.3 is 0 Å². The van der Waals surface area contributed by atoms with Crippen molar-refractivity contribution in [3.05, 3.63) is 40.2 Å². The molecule has 0 unspecified atom stereocenters. The minimum Gasteiger partial charge on any atom is -0.444 e. The lowest BCUT2D eigenvalue weighted by atomic mass is 10.1. The number of nitrogens with one attached hydrogen (secondary N) is 1. The van der Waals surface area contributed by atoms with E-state index in [0.29, 0.717) is 12.4 Å². The van der Waals surface area contributed by atoms with Gasteiger partial charge in [-0.25, -0.2) is 4.98 Å². The SMILES string of the molecule is Cc1c(Br)cccc1-c1nc(CNC(C)(C)C)co1. The van der Waals surface area contributed by atoms with Crippen LogP contribution in [0.15, 0.2) is 33.4 Å². The highest BCUT2D eigenvalue weighted by Gasteiger charge is 2.13. The third-order valence-electron chi connectivity index (χ3n) is 2.85. The lowest BCUT2D eigenvalue weighted by Crippen LogP contribution is -2.35. The maximum Gasteiger partial charge on any atom is 0.226 e. The maximum atomic E-state index is 5.58. The Morgan fingerprint density at radius 3 is 2.74 bits per heavy atom. The highest BCUT2D eigenvalue weighted by Crippen LogP contribution is 2.28. The Hall–Kier alpha value is -1.13. The standard InChI is InChI=1S/C15H19BrN2O/c1-10-12(6-5-7-13(10)16)14-18-11(9-19-14)8-17-15(2,3)4/h5-7,9,17H,8H2,1-4H3. The average molecular weight is 323 g/mol. The number of oxazole rings is 1. The van der Waals surface area contributed by atoms with Crippen LogP contribution in [0.4, 0.5) is 0 Å². The Morgan fingerprint density at radius 2 is 2.05 bits per heavy atom. The summed E-state index contributed by atoms with van der Waals surface area (Å²) in [7, 11) is 0. The predicted molar refractivity (Wildman–Crippen MR) is 81.0 cm³/mol. The van der Waals surface area contributed by atoms with Crippen LogP contribution >= 0.6 is 15.9 Å². The Balaban J connectivity index is 2.19. The smallest absolute Gasteiger partial charge is 0.226 e. The normalized spacial score (nSPS) is 11.8. The van der Waals surface area contributed by atoms with Crippen LogP contribution in [0.25, 0.3) is 11.5 Å². The molecule has 1 heterocycles. The second-order valence-electron chi connectivity index (χ2n) is 5.66. The van der Waals surface area contributed by atoms with Gasteiger partial charge in [-0.05, 0) is 45.4 Å². The summed E-state index contributed by atoms with van der Waals surface area (Å²) in [6.07, 6.45) is 1.72. The Morgan fingerprint density at radius 1 is 1.32 bits per heavy atom. The number of hydrogen-bond acceptors (Lipinski definition) is 3. The van der Waals surface area contributed by atoms with E-state index in [2.05, 4.69) is 53.9 Å². The number of benzene rings is 1. The van der Waals surface area contributed by atoms with Crippen LogP contribution < -0.4 is 5.32 Å². The third-order valence-corrected chi connectivity index (χ3v) is 3.71. The number of halogens is 1. The molecule has 0 aliphatic heterocycles. The van der Waals surface area contributed by atoms with Crippen molar-refractivity contribution in [3.63, 3.8) is 0 Å². The molecule has 0 atom stereocenters. The number of aromatic nitrogens is 1. The molecule has 0 spiro atoms. The third kappa shape index (κ3) is 3.67. The van der Waals surface area contributed by atoms with Gasteiger partial charge in [-0.15, -0.1) is 0 Å². The van der Waals surface area contributed by atoms with E-state index in [4.69, 9.17) is 4.42 Å². The Kier molecular flexibility index (Phi) is 4.11. The summed E-state index contributed by atoms with van der Waals surface area (Å²) < 4.78 is 6.65. The highest BCUT2D eigenvalue weighted by molar-refractivity contribution is 9.10. The van der Waals surface area contributed by atoms with Gasteiger partial charge in [0.15, 0.2) is 0 Å². The molecule has 1 N–H and O–H groups in total. The van der Waals surface area contributed by atoms with E-state index >= 15 is 0 Å². The quantitative estimate of drug-likeness (QED) is 0.915. The monoisotopic (exact) mass is 322 g/mol. The van der Waals surface area contributed by atoms with Crippen LogP contribution in [0, 0.1) is 6.92 Å². The van der Waals surface area contributed by atoms with Gasteiger partial charge in [0, 0.05) is 22.1 Å². The van der Waals surface area contributed by atoms with Crippen molar-refractivity contribution in [2.75, 3.05) is 0 Å². The first-order valence-corrected chi connectivity index (χ1v) is 7.11. The van der Waals surface area contributed by atoms with E-state index in [1.165, 1.54) is 0 Å². The zero-order valence-electron chi connectivity index (χ0n) is 11.7. The van der Waals surface area contributed by atoms with Crippen molar-refractivity contribution in [3.8, 4) is 11.5 Å². The molecule has 1 aromatic heterocycles. The minimum absolute atomic E-state index is 0.0742. The molecule has 102 valence electrons. The maximum absolute atomic E-state index is 5.58. The van der Waals surface area contributed by atoms with Gasteiger partial charge in [0.1, 0.15) is 6.26 Å². The van der Waals surface area contributed by atoms with Gasteiger partial charge in [-0.1, -0.05) is 22.0 Å².